The van der Waals surface area contributed by atoms with Crippen molar-refractivity contribution in [1.29, 1.82) is 0 Å². The van der Waals surface area contributed by atoms with Crippen LogP contribution in [-0.4, -0.2) is 12.6 Å². The Balaban J connectivity index is 2.64. The minimum Gasteiger partial charge on any atom is -0.490 e. The van der Waals surface area contributed by atoms with Gasteiger partial charge in [-0.1, -0.05) is 25.7 Å². The van der Waals surface area contributed by atoms with E-state index in [9.17, 15) is 0 Å². The predicted octanol–water partition coefficient (Wildman–Crippen LogP) is 2.56. The lowest BCUT2D eigenvalue weighted by Gasteiger charge is -2.15. The molecule has 0 atom stereocenters. The molecule has 2 heteroatoms. The van der Waals surface area contributed by atoms with Gasteiger partial charge in [-0.25, -0.2) is 0 Å². The van der Waals surface area contributed by atoms with E-state index in [0.717, 1.165) is 24.2 Å². The summed E-state index contributed by atoms with van der Waals surface area (Å²) in [6.07, 6.45) is 2.37. The Kier molecular flexibility index (Phi) is 5.45. The number of ether oxygens (including phenoxy) is 1. The van der Waals surface area contributed by atoms with Gasteiger partial charge in [-0.05, 0) is 37.1 Å². The zero-order valence-electron chi connectivity index (χ0n) is 9.99. The second kappa shape index (κ2) is 6.92. The molecule has 2 nitrogen and oxygen atoms in total. The summed E-state index contributed by atoms with van der Waals surface area (Å²) >= 11 is 0. The molecule has 0 amide bonds. The molecule has 0 aliphatic rings. The fraction of sp³-hybridized carbons (Fsp3) is 0.429. The summed E-state index contributed by atoms with van der Waals surface area (Å²) in [7, 11) is 0. The summed E-state index contributed by atoms with van der Waals surface area (Å²) < 4.78 is 5.80. The largest absolute Gasteiger partial charge is 0.490 e. The number of rotatable bonds is 4. The van der Waals surface area contributed by atoms with Gasteiger partial charge in [0.2, 0.25) is 0 Å². The highest BCUT2D eigenvalue weighted by molar-refractivity contribution is 5.38. The van der Waals surface area contributed by atoms with Gasteiger partial charge in [0.1, 0.15) is 5.75 Å². The molecule has 0 saturated heterocycles. The first kappa shape index (κ1) is 12.6. The molecule has 0 saturated carbocycles. The van der Waals surface area contributed by atoms with E-state index in [1.165, 1.54) is 0 Å². The smallest absolute Gasteiger partial charge is 0.119 e. The van der Waals surface area contributed by atoms with Crippen molar-refractivity contribution in [1.82, 2.24) is 0 Å². The predicted molar refractivity (Wildman–Crippen MR) is 67.4 cm³/mol. The van der Waals surface area contributed by atoms with Crippen LogP contribution in [-0.2, 0) is 0 Å². The van der Waals surface area contributed by atoms with Crippen LogP contribution in [0.5, 0.6) is 5.75 Å². The van der Waals surface area contributed by atoms with Gasteiger partial charge in [0.05, 0.1) is 12.6 Å². The van der Waals surface area contributed by atoms with Gasteiger partial charge in [0, 0.05) is 5.56 Å². The average Bonchev–Trinajstić information content (AvgIpc) is 2.35. The van der Waals surface area contributed by atoms with E-state index in [1.807, 2.05) is 24.3 Å². The lowest BCUT2D eigenvalue weighted by atomic mass is 10.2. The van der Waals surface area contributed by atoms with Crippen LogP contribution in [0.1, 0.15) is 32.3 Å². The van der Waals surface area contributed by atoms with Crippen molar-refractivity contribution < 1.29 is 4.74 Å². The van der Waals surface area contributed by atoms with Crippen molar-refractivity contribution in [2.75, 3.05) is 6.54 Å². The molecule has 0 spiro atoms. The first-order chi connectivity index (χ1) is 7.80. The van der Waals surface area contributed by atoms with E-state index >= 15 is 0 Å². The third-order valence-electron chi connectivity index (χ3n) is 2.40. The van der Waals surface area contributed by atoms with Crippen molar-refractivity contribution in [3.63, 3.8) is 0 Å². The first-order valence-corrected chi connectivity index (χ1v) is 5.75. The molecule has 1 aromatic carbocycles. The summed E-state index contributed by atoms with van der Waals surface area (Å²) in [6.45, 7) is 4.66. The quantitative estimate of drug-likeness (QED) is 0.787. The van der Waals surface area contributed by atoms with Crippen molar-refractivity contribution in [3.05, 3.63) is 29.8 Å². The van der Waals surface area contributed by atoms with Crippen LogP contribution >= 0.6 is 0 Å². The van der Waals surface area contributed by atoms with Gasteiger partial charge in [-0.2, -0.15) is 0 Å². The highest BCUT2D eigenvalue weighted by Crippen LogP contribution is 2.15. The highest BCUT2D eigenvalue weighted by atomic mass is 16.5. The molecule has 0 aromatic heterocycles. The standard InChI is InChI=1S/C14H19NO/c1-3-13(4-2)16-14-9-7-12(8-10-14)6-5-11-15/h7-10,13H,3-4,11,15H2,1-2H3. The van der Waals surface area contributed by atoms with Crippen molar-refractivity contribution in [2.24, 2.45) is 5.73 Å². The molecule has 0 radical (unpaired) electrons. The monoisotopic (exact) mass is 217 g/mol. The number of benzene rings is 1. The Morgan fingerprint density at radius 1 is 1.19 bits per heavy atom. The second-order valence-corrected chi connectivity index (χ2v) is 3.59. The molecule has 86 valence electrons. The van der Waals surface area contributed by atoms with Crippen LogP contribution in [0.4, 0.5) is 0 Å². The molecule has 16 heavy (non-hydrogen) atoms. The van der Waals surface area contributed by atoms with Crippen LogP contribution in [0.25, 0.3) is 0 Å². The number of nitrogens with two attached hydrogens (primary N) is 1. The van der Waals surface area contributed by atoms with Crippen molar-refractivity contribution in [2.45, 2.75) is 32.8 Å². The lowest BCUT2D eigenvalue weighted by Crippen LogP contribution is -2.13. The van der Waals surface area contributed by atoms with Crippen LogP contribution in [0, 0.1) is 11.8 Å². The molecule has 1 aromatic rings. The van der Waals surface area contributed by atoms with Gasteiger partial charge >= 0.3 is 0 Å². The SMILES string of the molecule is CCC(CC)Oc1ccc(C#CCN)cc1. The third kappa shape index (κ3) is 3.96. The van der Waals surface area contributed by atoms with Gasteiger partial charge in [-0.15, -0.1) is 0 Å². The summed E-state index contributed by atoms with van der Waals surface area (Å²) in [5.41, 5.74) is 6.28. The van der Waals surface area contributed by atoms with Crippen molar-refractivity contribution >= 4 is 0 Å². The number of hydrogen-bond donors (Lipinski definition) is 1. The van der Waals surface area contributed by atoms with Crippen LogP contribution in [0.15, 0.2) is 24.3 Å². The van der Waals surface area contributed by atoms with E-state index in [0.29, 0.717) is 12.6 Å². The molecular formula is C14H19NO. The van der Waals surface area contributed by atoms with Crippen LogP contribution in [0.2, 0.25) is 0 Å². The maximum Gasteiger partial charge on any atom is 0.119 e. The average molecular weight is 217 g/mol. The van der Waals surface area contributed by atoms with E-state index in [2.05, 4.69) is 25.7 Å². The van der Waals surface area contributed by atoms with E-state index in [-0.39, 0.29) is 0 Å². The normalized spacial score (nSPS) is 9.75. The minimum absolute atomic E-state index is 0.306. The van der Waals surface area contributed by atoms with Crippen molar-refractivity contribution in [3.8, 4) is 17.6 Å². The Bertz CT molecular complexity index is 355. The third-order valence-corrected chi connectivity index (χ3v) is 2.40. The summed E-state index contributed by atoms with van der Waals surface area (Å²) in [6, 6.07) is 7.83. The topological polar surface area (TPSA) is 35.2 Å². The summed E-state index contributed by atoms with van der Waals surface area (Å²) in [5, 5.41) is 0. The Morgan fingerprint density at radius 3 is 2.31 bits per heavy atom. The molecule has 0 unspecified atom stereocenters. The summed E-state index contributed by atoms with van der Waals surface area (Å²) in [5.74, 6) is 6.72. The zero-order valence-corrected chi connectivity index (χ0v) is 9.99. The van der Waals surface area contributed by atoms with Crippen LogP contribution in [0.3, 0.4) is 0 Å². The number of hydrogen-bond acceptors (Lipinski definition) is 2. The Morgan fingerprint density at radius 2 is 1.81 bits per heavy atom. The Hall–Kier alpha value is -1.46. The lowest BCUT2D eigenvalue weighted by molar-refractivity contribution is 0.193. The maximum atomic E-state index is 5.80. The fourth-order valence-corrected chi connectivity index (χ4v) is 1.42. The molecular weight excluding hydrogens is 198 g/mol. The van der Waals surface area contributed by atoms with Gasteiger partial charge in [0.15, 0.2) is 0 Å². The fourth-order valence-electron chi connectivity index (χ4n) is 1.42. The van der Waals surface area contributed by atoms with Crippen LogP contribution < -0.4 is 10.5 Å². The second-order valence-electron chi connectivity index (χ2n) is 3.59. The Labute approximate surface area is 97.8 Å². The van der Waals surface area contributed by atoms with E-state index < -0.39 is 0 Å². The molecule has 2 N–H and O–H groups in total. The zero-order chi connectivity index (χ0) is 11.8. The van der Waals surface area contributed by atoms with E-state index in [1.54, 1.807) is 0 Å². The molecule has 0 fully saturated rings. The molecule has 0 aliphatic carbocycles. The van der Waals surface area contributed by atoms with Gasteiger partial charge < -0.3 is 10.5 Å². The van der Waals surface area contributed by atoms with E-state index in [4.69, 9.17) is 10.5 Å². The van der Waals surface area contributed by atoms with Gasteiger partial charge in [-0.3, -0.25) is 0 Å². The summed E-state index contributed by atoms with van der Waals surface area (Å²) in [4.78, 5) is 0. The highest BCUT2D eigenvalue weighted by Gasteiger charge is 2.04. The minimum atomic E-state index is 0.306. The molecule has 1 rings (SSSR count). The molecule has 0 aliphatic heterocycles. The maximum absolute atomic E-state index is 5.80. The molecule has 0 heterocycles. The van der Waals surface area contributed by atoms with Gasteiger partial charge in [0.25, 0.3) is 0 Å². The first-order valence-electron chi connectivity index (χ1n) is 5.75. The molecule has 0 bridgehead atoms.